The minimum atomic E-state index is -0.397. The number of amides is 1. The van der Waals surface area contributed by atoms with Crippen molar-refractivity contribution in [1.29, 1.82) is 0 Å². The van der Waals surface area contributed by atoms with Crippen molar-refractivity contribution in [2.45, 2.75) is 42.2 Å². The highest BCUT2D eigenvalue weighted by Crippen LogP contribution is 2.47. The second-order valence-electron chi connectivity index (χ2n) is 4.97. The monoisotopic (exact) mass is 357 g/mol. The normalized spacial score (nSPS) is 20.9. The Bertz CT molecular complexity index is 359. The van der Waals surface area contributed by atoms with Crippen LogP contribution < -0.4 is 0 Å². The van der Waals surface area contributed by atoms with Crippen molar-refractivity contribution in [1.82, 2.24) is 4.90 Å². The molecule has 0 N–H and O–H groups in total. The molecule has 1 saturated heterocycles. The van der Waals surface area contributed by atoms with E-state index >= 15 is 0 Å². The summed E-state index contributed by atoms with van der Waals surface area (Å²) in [5.41, 5.74) is 0. The van der Waals surface area contributed by atoms with Gasteiger partial charge in [-0.1, -0.05) is 34.2 Å². The molecule has 1 unspecified atom stereocenters. The molecule has 0 radical (unpaired) electrons. The zero-order valence-electron chi connectivity index (χ0n) is 12.0. The Labute approximate surface area is 135 Å². The van der Waals surface area contributed by atoms with Gasteiger partial charge in [-0.05, 0) is 32.1 Å². The molecule has 0 aliphatic carbocycles. The zero-order valence-corrected chi connectivity index (χ0v) is 14.4. The van der Waals surface area contributed by atoms with E-state index in [1.165, 1.54) is 0 Å². The third kappa shape index (κ3) is 4.01. The van der Waals surface area contributed by atoms with E-state index in [1.807, 2.05) is 23.1 Å². The molecule has 1 aliphatic rings. The minimum absolute atomic E-state index is 0.204. The van der Waals surface area contributed by atoms with Crippen LogP contribution in [0.3, 0.4) is 0 Å². The predicted molar refractivity (Wildman–Crippen MR) is 93.3 cm³/mol. The first-order valence-corrected chi connectivity index (χ1v) is 9.03. The lowest BCUT2D eigenvalue weighted by molar-refractivity contribution is -0.132. The molecule has 1 amide bonds. The van der Waals surface area contributed by atoms with Crippen molar-refractivity contribution in [3.8, 4) is 0 Å². The lowest BCUT2D eigenvalue weighted by Gasteiger charge is -2.24. The van der Waals surface area contributed by atoms with Crippen LogP contribution in [0.25, 0.3) is 0 Å². The van der Waals surface area contributed by atoms with Gasteiger partial charge in [0.1, 0.15) is 4.75 Å². The fourth-order valence-electron chi connectivity index (χ4n) is 2.53. The van der Waals surface area contributed by atoms with E-state index in [2.05, 4.69) is 35.7 Å². The summed E-state index contributed by atoms with van der Waals surface area (Å²) in [5, 5.41) is 1.19. The van der Waals surface area contributed by atoms with Crippen LogP contribution in [0.5, 0.6) is 0 Å². The number of carbonyl (C=O) groups excluding carboxylic acids is 1. The number of thioether (sulfide) groups is 1. The third-order valence-electron chi connectivity index (χ3n) is 3.46. The molecule has 1 fully saturated rings. The maximum atomic E-state index is 12.9. The van der Waals surface area contributed by atoms with Gasteiger partial charge in [0.05, 0.1) is 5.37 Å². The minimum Gasteiger partial charge on any atom is -0.329 e. The molecule has 0 spiro atoms. The second-order valence-corrected chi connectivity index (χ2v) is 7.33. The molecule has 1 aliphatic heterocycles. The maximum Gasteiger partial charge on any atom is 0.240 e. The summed E-state index contributed by atoms with van der Waals surface area (Å²) in [6.45, 7) is 12.3. The van der Waals surface area contributed by atoms with Crippen LogP contribution in [0.2, 0.25) is 0 Å². The van der Waals surface area contributed by atoms with Crippen LogP contribution in [0.4, 0.5) is 0 Å². The van der Waals surface area contributed by atoms with E-state index in [0.717, 1.165) is 31.1 Å². The van der Waals surface area contributed by atoms with Crippen LogP contribution in [-0.2, 0) is 4.79 Å². The molecule has 0 aromatic heterocycles. The molecule has 0 saturated carbocycles. The number of rotatable bonds is 10. The molecule has 1 atom stereocenters. The molecular formula is C16H24BrNOS. The van der Waals surface area contributed by atoms with Crippen LogP contribution in [0.1, 0.15) is 32.1 Å². The molecule has 1 heterocycles. The number of hydrogen-bond donors (Lipinski definition) is 0. The average molecular weight is 358 g/mol. The number of nitrogens with zero attached hydrogens (tertiary/aromatic N) is 1. The van der Waals surface area contributed by atoms with Crippen molar-refractivity contribution < 1.29 is 4.79 Å². The van der Waals surface area contributed by atoms with Crippen molar-refractivity contribution >= 4 is 33.6 Å². The van der Waals surface area contributed by atoms with E-state index in [1.54, 1.807) is 11.8 Å². The zero-order chi connectivity index (χ0) is 15.0. The molecule has 2 nitrogen and oxygen atoms in total. The second kappa shape index (κ2) is 8.73. The van der Waals surface area contributed by atoms with Gasteiger partial charge in [-0.2, -0.15) is 0 Å². The number of alkyl halides is 1. The van der Waals surface area contributed by atoms with Gasteiger partial charge >= 0.3 is 0 Å². The Kier molecular flexibility index (Phi) is 7.67. The van der Waals surface area contributed by atoms with Crippen LogP contribution >= 0.6 is 27.7 Å². The van der Waals surface area contributed by atoms with Gasteiger partial charge in [0.25, 0.3) is 0 Å². The van der Waals surface area contributed by atoms with Gasteiger partial charge in [-0.3, -0.25) is 4.79 Å². The van der Waals surface area contributed by atoms with E-state index in [4.69, 9.17) is 0 Å². The topological polar surface area (TPSA) is 20.3 Å². The molecular weight excluding hydrogens is 334 g/mol. The molecule has 4 heteroatoms. The highest BCUT2D eigenvalue weighted by atomic mass is 79.9. The van der Waals surface area contributed by atoms with Gasteiger partial charge in [0.15, 0.2) is 0 Å². The fraction of sp³-hybridized carbons (Fsp3) is 0.562. The Morgan fingerprint density at radius 3 is 2.35 bits per heavy atom. The molecule has 0 aromatic rings. The lowest BCUT2D eigenvalue weighted by Crippen LogP contribution is -2.40. The van der Waals surface area contributed by atoms with Crippen LogP contribution in [0, 0.1) is 0 Å². The van der Waals surface area contributed by atoms with Crippen molar-refractivity contribution in [3.63, 3.8) is 0 Å². The smallest absolute Gasteiger partial charge is 0.240 e. The number of unbranched alkanes of at least 4 members (excludes halogenated alkanes) is 1. The van der Waals surface area contributed by atoms with Crippen molar-refractivity contribution in [2.24, 2.45) is 0 Å². The van der Waals surface area contributed by atoms with Gasteiger partial charge in [0, 0.05) is 11.9 Å². The summed E-state index contributed by atoms with van der Waals surface area (Å²) >= 11 is 5.20. The molecule has 0 bridgehead atoms. The predicted octanol–water partition coefficient (Wildman–Crippen LogP) is 4.53. The standard InChI is InChI=1S/C16H24BrNOS/c1-4-9-14-18(13-8-7-12-17)15(19)16(20-14,10-5-2)11-6-3/h4-6,14H,1-3,7-13H2. The van der Waals surface area contributed by atoms with Gasteiger partial charge in [0.2, 0.25) is 5.91 Å². The van der Waals surface area contributed by atoms with Crippen molar-refractivity contribution in [2.75, 3.05) is 11.9 Å². The summed E-state index contributed by atoms with van der Waals surface area (Å²) < 4.78 is -0.397. The molecule has 1 rings (SSSR count). The quantitative estimate of drug-likeness (QED) is 0.325. The summed E-state index contributed by atoms with van der Waals surface area (Å²) in [6.07, 6.45) is 9.95. The number of halogens is 1. The van der Waals surface area contributed by atoms with E-state index < -0.39 is 4.75 Å². The first-order chi connectivity index (χ1) is 9.65. The Hall–Kier alpha value is -0.480. The Morgan fingerprint density at radius 1 is 1.20 bits per heavy atom. The van der Waals surface area contributed by atoms with Gasteiger partial charge in [-0.15, -0.1) is 31.5 Å². The molecule has 112 valence electrons. The summed E-state index contributed by atoms with van der Waals surface area (Å²) in [6, 6.07) is 0. The Morgan fingerprint density at radius 2 is 1.85 bits per heavy atom. The first kappa shape index (κ1) is 17.6. The number of carbonyl (C=O) groups is 1. The van der Waals surface area contributed by atoms with E-state index in [9.17, 15) is 4.79 Å². The van der Waals surface area contributed by atoms with E-state index in [0.29, 0.717) is 12.8 Å². The van der Waals surface area contributed by atoms with Gasteiger partial charge in [-0.25, -0.2) is 0 Å². The molecule has 20 heavy (non-hydrogen) atoms. The maximum absolute atomic E-state index is 12.9. The summed E-state index contributed by atoms with van der Waals surface area (Å²) in [7, 11) is 0. The van der Waals surface area contributed by atoms with E-state index in [-0.39, 0.29) is 11.3 Å². The van der Waals surface area contributed by atoms with Crippen LogP contribution in [-0.4, -0.2) is 32.8 Å². The summed E-state index contributed by atoms with van der Waals surface area (Å²) in [5.74, 6) is 0.240. The highest BCUT2D eigenvalue weighted by Gasteiger charge is 2.49. The SMILES string of the molecule is C=CCC1SC(CC=C)(CC=C)C(=O)N1CCCCBr. The number of hydrogen-bond acceptors (Lipinski definition) is 2. The largest absolute Gasteiger partial charge is 0.329 e. The number of allylic oxidation sites excluding steroid dienone is 2. The Balaban J connectivity index is 2.89. The van der Waals surface area contributed by atoms with Crippen LogP contribution in [0.15, 0.2) is 38.0 Å². The molecule has 0 aromatic carbocycles. The first-order valence-electron chi connectivity index (χ1n) is 7.02. The fourth-order valence-corrected chi connectivity index (χ4v) is 4.65. The lowest BCUT2D eigenvalue weighted by atomic mass is 9.98. The van der Waals surface area contributed by atoms with Crippen molar-refractivity contribution in [3.05, 3.63) is 38.0 Å². The highest BCUT2D eigenvalue weighted by molar-refractivity contribution is 9.09. The summed E-state index contributed by atoms with van der Waals surface area (Å²) in [4.78, 5) is 14.9. The average Bonchev–Trinajstić information content (AvgIpc) is 2.66. The third-order valence-corrected chi connectivity index (χ3v) is 5.70. The van der Waals surface area contributed by atoms with Gasteiger partial charge < -0.3 is 4.90 Å².